The van der Waals surface area contributed by atoms with Crippen LogP contribution in [-0.4, -0.2) is 34.8 Å². The second kappa shape index (κ2) is 9.91. The zero-order chi connectivity index (χ0) is 24.2. The number of ketones is 2. The number of hydrogen-bond donors (Lipinski definition) is 0. The van der Waals surface area contributed by atoms with Crippen LogP contribution < -0.4 is 10.0 Å². The maximum Gasteiger partial charge on any atom is 0.256 e. The summed E-state index contributed by atoms with van der Waals surface area (Å²) in [6, 6.07) is 18.0. The number of anilines is 2. The van der Waals surface area contributed by atoms with Crippen molar-refractivity contribution in [3.8, 4) is 0 Å². The molecule has 2 aromatic carbocycles. The summed E-state index contributed by atoms with van der Waals surface area (Å²) in [5.74, 6) is -2.04. The minimum atomic E-state index is -0.599. The molecule has 2 aliphatic rings. The van der Waals surface area contributed by atoms with Gasteiger partial charge in [-0.15, -0.1) is 0 Å². The van der Waals surface area contributed by atoms with Crippen LogP contribution in [0.2, 0.25) is 0 Å². The molecule has 0 bridgehead atoms. The first-order valence-electron chi connectivity index (χ1n) is 11.4. The van der Waals surface area contributed by atoms with Gasteiger partial charge in [0.1, 0.15) is 11.4 Å². The van der Waals surface area contributed by atoms with Crippen molar-refractivity contribution in [1.29, 1.82) is 0 Å². The lowest BCUT2D eigenvalue weighted by atomic mass is 9.96. The van der Waals surface area contributed by atoms with Crippen molar-refractivity contribution >= 4 is 46.2 Å². The Labute approximate surface area is 197 Å². The summed E-state index contributed by atoms with van der Waals surface area (Å²) in [5.41, 5.74) is 1.74. The average Bonchev–Trinajstić information content (AvgIpc) is 3.33. The van der Waals surface area contributed by atoms with Gasteiger partial charge >= 0.3 is 0 Å². The highest BCUT2D eigenvalue weighted by atomic mass is 16.2. The van der Waals surface area contributed by atoms with E-state index >= 15 is 0 Å². The molecule has 8 heteroatoms. The van der Waals surface area contributed by atoms with E-state index in [-0.39, 0.29) is 47.6 Å². The molecule has 0 aromatic heterocycles. The van der Waals surface area contributed by atoms with E-state index in [0.29, 0.717) is 24.2 Å². The third-order valence-electron chi connectivity index (χ3n) is 6.02. The second-order valence-electron chi connectivity index (χ2n) is 8.44. The maximum atomic E-state index is 12.7. The fourth-order valence-electron chi connectivity index (χ4n) is 4.02. The van der Waals surface area contributed by atoms with Crippen LogP contribution in [0.4, 0.5) is 11.4 Å². The molecule has 2 amide bonds. The molecule has 0 aliphatic carbocycles. The van der Waals surface area contributed by atoms with Gasteiger partial charge in [0.2, 0.25) is 0 Å². The molecule has 2 atom stereocenters. The first-order valence-corrected chi connectivity index (χ1v) is 11.4. The van der Waals surface area contributed by atoms with Crippen LogP contribution in [-0.2, 0) is 19.2 Å². The van der Waals surface area contributed by atoms with Gasteiger partial charge in [-0.05, 0) is 51.0 Å². The number of carbonyl (C=O) groups excluding carboxylic acids is 4. The lowest BCUT2D eigenvalue weighted by Gasteiger charge is -2.11. The van der Waals surface area contributed by atoms with E-state index in [1.807, 2.05) is 36.4 Å². The number of nitrogens with zero attached hydrogens (tertiary/aromatic N) is 4. The largest absolute Gasteiger partial charge is 0.293 e. The number of hydrazone groups is 2. The van der Waals surface area contributed by atoms with Crippen molar-refractivity contribution in [2.75, 3.05) is 10.0 Å². The molecule has 2 unspecified atom stereocenters. The van der Waals surface area contributed by atoms with Crippen LogP contribution in [0.15, 0.2) is 70.9 Å². The third kappa shape index (κ3) is 4.57. The summed E-state index contributed by atoms with van der Waals surface area (Å²) in [7, 11) is 0. The van der Waals surface area contributed by atoms with E-state index in [2.05, 4.69) is 10.2 Å². The lowest BCUT2D eigenvalue weighted by molar-refractivity contribution is -0.120. The fourth-order valence-corrected chi connectivity index (χ4v) is 4.02. The molecular weight excluding hydrogens is 432 g/mol. The van der Waals surface area contributed by atoms with Crippen LogP contribution in [0.5, 0.6) is 0 Å². The smallest absolute Gasteiger partial charge is 0.256 e. The van der Waals surface area contributed by atoms with Crippen molar-refractivity contribution in [1.82, 2.24) is 0 Å². The Morgan fingerprint density at radius 1 is 0.676 bits per heavy atom. The summed E-state index contributed by atoms with van der Waals surface area (Å²) in [6.45, 7) is 3.36. The molecule has 2 aliphatic heterocycles. The molecule has 2 aromatic rings. The van der Waals surface area contributed by atoms with Gasteiger partial charge in [-0.3, -0.25) is 19.2 Å². The number of unbranched alkanes of at least 4 members (excludes halogenated alkanes) is 1. The monoisotopic (exact) mass is 458 g/mol. The molecule has 0 saturated heterocycles. The van der Waals surface area contributed by atoms with E-state index in [9.17, 15) is 19.2 Å². The molecule has 174 valence electrons. The highest BCUT2D eigenvalue weighted by Crippen LogP contribution is 2.26. The molecule has 0 fully saturated rings. The zero-order valence-electron chi connectivity index (χ0n) is 19.2. The number of amides is 2. The summed E-state index contributed by atoms with van der Waals surface area (Å²) in [4.78, 5) is 50.5. The van der Waals surface area contributed by atoms with Crippen molar-refractivity contribution in [3.05, 3.63) is 60.7 Å². The lowest BCUT2D eigenvalue weighted by Crippen LogP contribution is -2.27. The number of hydrogen-bond acceptors (Lipinski definition) is 6. The molecule has 0 saturated carbocycles. The maximum absolute atomic E-state index is 12.7. The topological polar surface area (TPSA) is 99.5 Å². The Kier molecular flexibility index (Phi) is 6.77. The number of rotatable bonds is 9. The Balaban J connectivity index is 1.31. The van der Waals surface area contributed by atoms with Crippen LogP contribution in [0, 0.1) is 11.8 Å². The van der Waals surface area contributed by atoms with Gasteiger partial charge in [0.15, 0.2) is 11.6 Å². The van der Waals surface area contributed by atoms with Crippen LogP contribution in [0.1, 0.15) is 39.5 Å². The van der Waals surface area contributed by atoms with Crippen molar-refractivity contribution in [3.63, 3.8) is 0 Å². The van der Waals surface area contributed by atoms with Crippen molar-refractivity contribution in [2.24, 2.45) is 22.0 Å². The van der Waals surface area contributed by atoms with Gasteiger partial charge < -0.3 is 0 Å². The first-order chi connectivity index (χ1) is 16.4. The van der Waals surface area contributed by atoms with E-state index in [1.54, 1.807) is 38.1 Å². The molecule has 4 rings (SSSR count). The van der Waals surface area contributed by atoms with Gasteiger partial charge in [-0.1, -0.05) is 36.4 Å². The minimum Gasteiger partial charge on any atom is -0.293 e. The van der Waals surface area contributed by atoms with Gasteiger partial charge in [-0.2, -0.15) is 20.2 Å². The van der Waals surface area contributed by atoms with E-state index in [4.69, 9.17) is 0 Å². The highest BCUT2D eigenvalue weighted by molar-refractivity contribution is 6.47. The van der Waals surface area contributed by atoms with Crippen molar-refractivity contribution in [2.45, 2.75) is 39.5 Å². The summed E-state index contributed by atoms with van der Waals surface area (Å²) >= 11 is 0. The van der Waals surface area contributed by atoms with Crippen molar-refractivity contribution < 1.29 is 19.2 Å². The molecule has 34 heavy (non-hydrogen) atoms. The van der Waals surface area contributed by atoms with Crippen LogP contribution in [0.25, 0.3) is 0 Å². The minimum absolute atomic E-state index is 0.191. The first kappa shape index (κ1) is 23.2. The van der Waals surface area contributed by atoms with E-state index in [0.717, 1.165) is 0 Å². The van der Waals surface area contributed by atoms with Crippen LogP contribution in [0.3, 0.4) is 0 Å². The highest BCUT2D eigenvalue weighted by Gasteiger charge is 2.37. The zero-order valence-corrected chi connectivity index (χ0v) is 19.2. The Morgan fingerprint density at radius 3 is 1.38 bits per heavy atom. The average molecular weight is 459 g/mol. The molecule has 0 N–H and O–H groups in total. The Hall–Kier alpha value is -3.94. The van der Waals surface area contributed by atoms with Gasteiger partial charge in [0.25, 0.3) is 11.8 Å². The number of Topliss-reactive ketones (excluding diaryl/α,β-unsaturated/α-hetero) is 2. The quantitative estimate of drug-likeness (QED) is 0.534. The number of para-hydroxylation sites is 2. The van der Waals surface area contributed by atoms with Gasteiger partial charge in [-0.25, -0.2) is 0 Å². The van der Waals surface area contributed by atoms with E-state index in [1.165, 1.54) is 10.0 Å². The third-order valence-corrected chi connectivity index (χ3v) is 6.02. The number of benzene rings is 2. The van der Waals surface area contributed by atoms with Gasteiger partial charge in [0, 0.05) is 12.8 Å². The Morgan fingerprint density at radius 2 is 1.03 bits per heavy atom. The predicted molar refractivity (Wildman–Crippen MR) is 130 cm³/mol. The van der Waals surface area contributed by atoms with Gasteiger partial charge in [0.05, 0.1) is 23.2 Å². The van der Waals surface area contributed by atoms with Crippen LogP contribution >= 0.6 is 0 Å². The molecule has 0 spiro atoms. The second-order valence-corrected chi connectivity index (χ2v) is 8.44. The predicted octanol–water partition coefficient (Wildman–Crippen LogP) is 3.76. The summed E-state index contributed by atoms with van der Waals surface area (Å²) in [5, 5.41) is 11.1. The molecule has 0 radical (unpaired) electrons. The number of carbonyl (C=O) groups is 4. The summed E-state index contributed by atoms with van der Waals surface area (Å²) in [6.07, 6.45) is 1.36. The fraction of sp³-hybridized carbons (Fsp3) is 0.308. The standard InChI is InChI=1S/C26H26N4O4/c1-17-23(27-29(25(17)33)19-11-5-3-6-12-19)21(31)15-9-10-16-22(32)24-18(2)26(34)30(28-24)20-13-7-4-8-14-20/h3-8,11-14,17-18H,9-10,15-16H2,1-2H3. The molecule has 2 heterocycles. The molecule has 8 nitrogen and oxygen atoms in total. The molecular formula is C26H26N4O4. The SMILES string of the molecule is CC1C(=O)N(c2ccccc2)N=C1C(=O)CCCCC(=O)C1=NN(c2ccccc2)C(=O)C1C. The van der Waals surface area contributed by atoms with E-state index < -0.39 is 11.8 Å². The normalized spacial score (nSPS) is 19.9. The summed E-state index contributed by atoms with van der Waals surface area (Å²) < 4.78 is 0. The Bertz CT molecular complexity index is 1080.